The van der Waals surface area contributed by atoms with Crippen molar-refractivity contribution in [3.05, 3.63) is 71.4 Å². The maximum atomic E-state index is 13.2. The second-order valence-corrected chi connectivity index (χ2v) is 7.37. The molecule has 1 N–H and O–H groups in total. The van der Waals surface area contributed by atoms with Crippen LogP contribution in [0.4, 0.5) is 10.5 Å². The van der Waals surface area contributed by atoms with E-state index in [0.29, 0.717) is 24.7 Å². The fourth-order valence-corrected chi connectivity index (χ4v) is 3.50. The highest BCUT2D eigenvalue weighted by Gasteiger charge is 2.38. The summed E-state index contributed by atoms with van der Waals surface area (Å²) in [5.41, 5.74) is 2.91. The van der Waals surface area contributed by atoms with E-state index < -0.39 is 0 Å². The fraction of sp³-hybridized carbons (Fsp3) is 0.318. The summed E-state index contributed by atoms with van der Waals surface area (Å²) in [5, 5.41) is 7.08. The lowest BCUT2D eigenvalue weighted by Crippen LogP contribution is -2.40. The summed E-state index contributed by atoms with van der Waals surface area (Å²) in [7, 11) is 1.62. The molecule has 0 aliphatic carbocycles. The van der Waals surface area contributed by atoms with Gasteiger partial charge in [0.15, 0.2) is 5.82 Å². The number of nitrogens with zero attached hydrogens (tertiary/aromatic N) is 3. The number of hydrogen-bond donors (Lipinski definition) is 1. The second kappa shape index (κ2) is 7.95. The van der Waals surface area contributed by atoms with E-state index in [4.69, 9.17) is 9.26 Å². The van der Waals surface area contributed by atoms with Gasteiger partial charge >= 0.3 is 6.03 Å². The number of carbonyl (C=O) groups is 1. The molecule has 1 aliphatic heterocycles. The number of benzene rings is 2. The number of nitrogens with one attached hydrogen (secondary N) is 1. The Kier molecular flexibility index (Phi) is 5.20. The molecular formula is C22H24N4O3. The van der Waals surface area contributed by atoms with Gasteiger partial charge in [-0.05, 0) is 29.3 Å². The third-order valence-corrected chi connectivity index (χ3v) is 5.03. The van der Waals surface area contributed by atoms with Crippen LogP contribution in [0.3, 0.4) is 0 Å². The first-order chi connectivity index (χ1) is 14.1. The molecule has 2 heterocycles. The Labute approximate surface area is 169 Å². The standard InChI is InChI=1S/C22H24N4O3/c1-14(2)20-24-21(29-25-20)19-12-16-8-4-5-10-18(16)26(19)22(27)23-13-15-7-6-9-17(11-15)28-3/h4-11,14,19H,12-13H2,1-3H3,(H,23,27). The molecule has 0 bridgehead atoms. The van der Waals surface area contributed by atoms with Crippen molar-refractivity contribution in [2.45, 2.75) is 38.8 Å². The van der Waals surface area contributed by atoms with Gasteiger partial charge in [-0.25, -0.2) is 4.79 Å². The monoisotopic (exact) mass is 392 g/mol. The smallest absolute Gasteiger partial charge is 0.322 e. The molecule has 2 aromatic carbocycles. The summed E-state index contributed by atoms with van der Waals surface area (Å²) in [4.78, 5) is 19.4. The van der Waals surface area contributed by atoms with Gasteiger partial charge < -0.3 is 14.6 Å². The highest BCUT2D eigenvalue weighted by atomic mass is 16.5. The molecule has 0 radical (unpaired) electrons. The zero-order valence-electron chi connectivity index (χ0n) is 16.8. The Balaban J connectivity index is 1.57. The van der Waals surface area contributed by atoms with Crippen LogP contribution in [-0.2, 0) is 13.0 Å². The van der Waals surface area contributed by atoms with Crippen molar-refractivity contribution in [2.24, 2.45) is 0 Å². The average molecular weight is 392 g/mol. The predicted octanol–water partition coefficient (Wildman–Crippen LogP) is 4.22. The molecule has 0 fully saturated rings. The molecule has 2 amide bonds. The first-order valence-corrected chi connectivity index (χ1v) is 9.68. The minimum atomic E-state index is -0.322. The lowest BCUT2D eigenvalue weighted by atomic mass is 10.1. The summed E-state index contributed by atoms with van der Waals surface area (Å²) in [6.07, 6.45) is 0.641. The number of aromatic nitrogens is 2. The van der Waals surface area contributed by atoms with Crippen molar-refractivity contribution in [1.29, 1.82) is 0 Å². The first-order valence-electron chi connectivity index (χ1n) is 9.68. The highest BCUT2D eigenvalue weighted by Crippen LogP contribution is 2.40. The normalized spacial score (nSPS) is 15.4. The van der Waals surface area contributed by atoms with E-state index in [2.05, 4.69) is 15.5 Å². The Morgan fingerprint density at radius 3 is 2.86 bits per heavy atom. The van der Waals surface area contributed by atoms with Gasteiger partial charge in [0.05, 0.1) is 7.11 Å². The van der Waals surface area contributed by atoms with Crippen molar-refractivity contribution in [2.75, 3.05) is 12.0 Å². The lowest BCUT2D eigenvalue weighted by Gasteiger charge is -2.23. The van der Waals surface area contributed by atoms with Crippen molar-refractivity contribution in [1.82, 2.24) is 15.5 Å². The Morgan fingerprint density at radius 1 is 1.28 bits per heavy atom. The van der Waals surface area contributed by atoms with Crippen LogP contribution in [-0.4, -0.2) is 23.3 Å². The number of urea groups is 1. The number of hydrogen-bond acceptors (Lipinski definition) is 5. The molecule has 29 heavy (non-hydrogen) atoms. The zero-order valence-corrected chi connectivity index (χ0v) is 16.8. The van der Waals surface area contributed by atoms with Gasteiger partial charge in [-0.2, -0.15) is 4.98 Å². The van der Waals surface area contributed by atoms with E-state index in [1.54, 1.807) is 12.0 Å². The van der Waals surface area contributed by atoms with Gasteiger partial charge in [0, 0.05) is 24.6 Å². The van der Waals surface area contributed by atoms with Crippen molar-refractivity contribution >= 4 is 11.7 Å². The molecule has 150 valence electrons. The SMILES string of the molecule is COc1cccc(CNC(=O)N2c3ccccc3CC2c2nc(C(C)C)no2)c1. The Hall–Kier alpha value is -3.35. The quantitative estimate of drug-likeness (QED) is 0.703. The van der Waals surface area contributed by atoms with Crippen LogP contribution in [0.2, 0.25) is 0 Å². The molecule has 1 aromatic heterocycles. The fourth-order valence-electron chi connectivity index (χ4n) is 3.50. The van der Waals surface area contributed by atoms with Gasteiger partial charge in [-0.15, -0.1) is 0 Å². The summed E-state index contributed by atoms with van der Waals surface area (Å²) in [6.45, 7) is 4.41. The van der Waals surface area contributed by atoms with Crippen molar-refractivity contribution in [3.8, 4) is 5.75 Å². The summed E-state index contributed by atoms with van der Waals surface area (Å²) in [6, 6.07) is 15.0. The number of rotatable bonds is 5. The molecule has 1 aliphatic rings. The lowest BCUT2D eigenvalue weighted by molar-refractivity contribution is 0.242. The Bertz CT molecular complexity index is 1010. The maximum Gasteiger partial charge on any atom is 0.322 e. The summed E-state index contributed by atoms with van der Waals surface area (Å²) in [5.74, 6) is 2.02. The predicted molar refractivity (Wildman–Crippen MR) is 109 cm³/mol. The summed E-state index contributed by atoms with van der Waals surface area (Å²) >= 11 is 0. The molecule has 0 spiro atoms. The zero-order chi connectivity index (χ0) is 20.4. The molecule has 3 aromatic rings. The molecule has 4 rings (SSSR count). The molecule has 0 saturated heterocycles. The largest absolute Gasteiger partial charge is 0.497 e. The highest BCUT2D eigenvalue weighted by molar-refractivity contribution is 5.95. The molecule has 1 atom stereocenters. The minimum absolute atomic E-state index is 0.159. The van der Waals surface area contributed by atoms with Crippen LogP contribution in [0.5, 0.6) is 5.75 Å². The van der Waals surface area contributed by atoms with E-state index in [9.17, 15) is 4.79 Å². The third-order valence-electron chi connectivity index (χ3n) is 5.03. The second-order valence-electron chi connectivity index (χ2n) is 7.37. The number of amides is 2. The van der Waals surface area contributed by atoms with Crippen molar-refractivity contribution in [3.63, 3.8) is 0 Å². The van der Waals surface area contributed by atoms with Crippen LogP contribution in [0, 0.1) is 0 Å². The van der Waals surface area contributed by atoms with Gasteiger partial charge in [0.2, 0.25) is 5.89 Å². The maximum absolute atomic E-state index is 13.2. The number of fused-ring (bicyclic) bond motifs is 1. The number of anilines is 1. The number of para-hydroxylation sites is 1. The van der Waals surface area contributed by atoms with E-state index in [1.165, 1.54) is 0 Å². The van der Waals surface area contributed by atoms with Crippen LogP contribution in [0.15, 0.2) is 53.1 Å². The van der Waals surface area contributed by atoms with Gasteiger partial charge in [0.1, 0.15) is 11.8 Å². The Morgan fingerprint density at radius 2 is 2.10 bits per heavy atom. The number of ether oxygens (including phenoxy) is 1. The van der Waals surface area contributed by atoms with Gasteiger partial charge in [-0.3, -0.25) is 4.90 Å². The van der Waals surface area contributed by atoms with E-state index in [0.717, 1.165) is 22.6 Å². The van der Waals surface area contributed by atoms with Crippen LogP contribution < -0.4 is 15.0 Å². The third kappa shape index (κ3) is 3.81. The summed E-state index contributed by atoms with van der Waals surface area (Å²) < 4.78 is 10.8. The van der Waals surface area contributed by atoms with E-state index >= 15 is 0 Å². The average Bonchev–Trinajstić information content (AvgIpc) is 3.37. The van der Waals surface area contributed by atoms with Crippen molar-refractivity contribution < 1.29 is 14.1 Å². The number of carbonyl (C=O) groups excluding carboxylic acids is 1. The molecule has 7 heteroatoms. The topological polar surface area (TPSA) is 80.5 Å². The molecule has 7 nitrogen and oxygen atoms in total. The van der Waals surface area contributed by atoms with Gasteiger partial charge in [0.25, 0.3) is 0 Å². The molecular weight excluding hydrogens is 368 g/mol. The molecule has 1 unspecified atom stereocenters. The van der Waals surface area contributed by atoms with Crippen LogP contribution >= 0.6 is 0 Å². The minimum Gasteiger partial charge on any atom is -0.497 e. The number of methoxy groups -OCH3 is 1. The van der Waals surface area contributed by atoms with Crippen LogP contribution in [0.25, 0.3) is 0 Å². The van der Waals surface area contributed by atoms with Crippen LogP contribution in [0.1, 0.15) is 48.6 Å². The van der Waals surface area contributed by atoms with E-state index in [-0.39, 0.29) is 18.0 Å². The van der Waals surface area contributed by atoms with Gasteiger partial charge in [-0.1, -0.05) is 49.3 Å². The first kappa shape index (κ1) is 19.0. The van der Waals surface area contributed by atoms with E-state index in [1.807, 2.05) is 62.4 Å². The molecule has 0 saturated carbocycles.